The highest BCUT2D eigenvalue weighted by Crippen LogP contribution is 2.26. The number of piperidine rings is 1. The van der Waals surface area contributed by atoms with Crippen LogP contribution in [-0.2, 0) is 16.0 Å². The average Bonchev–Trinajstić information content (AvgIpc) is 3.09. The van der Waals surface area contributed by atoms with Gasteiger partial charge in [0.05, 0.1) is 11.1 Å². The van der Waals surface area contributed by atoms with Crippen LogP contribution in [0.2, 0.25) is 0 Å². The largest absolute Gasteiger partial charge is 0.351 e. The average molecular weight is 448 g/mol. The van der Waals surface area contributed by atoms with Gasteiger partial charge in [-0.25, -0.2) is 0 Å². The summed E-state index contributed by atoms with van der Waals surface area (Å²) < 4.78 is 0. The monoisotopic (exact) mass is 447 g/mol. The van der Waals surface area contributed by atoms with Crippen molar-refractivity contribution in [1.29, 1.82) is 0 Å². The number of nitrogens with one attached hydrogen (secondary N) is 1. The van der Waals surface area contributed by atoms with Gasteiger partial charge in [0.1, 0.15) is 6.04 Å². The van der Waals surface area contributed by atoms with Crippen LogP contribution >= 0.6 is 0 Å². The Morgan fingerprint density at radius 3 is 2.09 bits per heavy atom. The summed E-state index contributed by atoms with van der Waals surface area (Å²) in [5.74, 6) is -1.07. The van der Waals surface area contributed by atoms with E-state index in [0.29, 0.717) is 43.5 Å². The lowest BCUT2D eigenvalue weighted by atomic mass is 10.0. The first-order valence-corrected chi connectivity index (χ1v) is 11.6. The number of benzene rings is 2. The van der Waals surface area contributed by atoms with Gasteiger partial charge in [0.25, 0.3) is 11.8 Å². The Morgan fingerprint density at radius 1 is 0.939 bits per heavy atom. The zero-order valence-electron chi connectivity index (χ0n) is 18.8. The molecule has 0 radical (unpaired) electrons. The van der Waals surface area contributed by atoms with Crippen molar-refractivity contribution in [2.24, 2.45) is 0 Å². The summed E-state index contributed by atoms with van der Waals surface area (Å²) >= 11 is 0. The highest BCUT2D eigenvalue weighted by molar-refractivity contribution is 6.22. The summed E-state index contributed by atoms with van der Waals surface area (Å²) in [5, 5.41) is 3.05. The predicted molar refractivity (Wildman–Crippen MR) is 124 cm³/mol. The van der Waals surface area contributed by atoms with Crippen LogP contribution < -0.4 is 5.32 Å². The molecule has 1 N–H and O–H groups in total. The second-order valence-electron chi connectivity index (χ2n) is 8.65. The number of hydrogen-bond donors (Lipinski definition) is 1. The number of carbonyl (C=O) groups is 4. The van der Waals surface area contributed by atoms with Crippen molar-refractivity contribution in [1.82, 2.24) is 15.1 Å². The molecule has 0 saturated carbocycles. The van der Waals surface area contributed by atoms with Crippen molar-refractivity contribution in [3.05, 3.63) is 71.3 Å². The number of hydrogen-bond acceptors (Lipinski definition) is 4. The quantitative estimate of drug-likeness (QED) is 0.662. The van der Waals surface area contributed by atoms with Crippen LogP contribution in [0, 0.1) is 0 Å². The molecule has 2 aliphatic heterocycles. The normalized spacial score (nSPS) is 17.1. The van der Waals surface area contributed by atoms with Crippen molar-refractivity contribution < 1.29 is 19.2 Å². The number of likely N-dealkylation sites (tertiary alicyclic amines) is 1. The van der Waals surface area contributed by atoms with Crippen LogP contribution in [0.1, 0.15) is 58.9 Å². The fourth-order valence-electron chi connectivity index (χ4n) is 4.57. The van der Waals surface area contributed by atoms with Crippen molar-refractivity contribution in [3.63, 3.8) is 0 Å². The van der Waals surface area contributed by atoms with Crippen LogP contribution in [0.5, 0.6) is 0 Å². The smallest absolute Gasteiger partial charge is 0.262 e. The highest BCUT2D eigenvalue weighted by atomic mass is 16.2. The molecule has 0 spiro atoms. The number of nitrogens with zero attached hydrogens (tertiary/aromatic N) is 2. The first-order chi connectivity index (χ1) is 16.0. The van der Waals surface area contributed by atoms with Gasteiger partial charge in [0, 0.05) is 32.0 Å². The lowest BCUT2D eigenvalue weighted by molar-refractivity contribution is -0.132. The topological polar surface area (TPSA) is 86.8 Å². The Hall–Kier alpha value is -3.48. The maximum absolute atomic E-state index is 13.4. The minimum Gasteiger partial charge on any atom is -0.351 e. The van der Waals surface area contributed by atoms with E-state index in [9.17, 15) is 19.2 Å². The zero-order valence-corrected chi connectivity index (χ0v) is 18.8. The van der Waals surface area contributed by atoms with E-state index in [1.807, 2.05) is 42.2 Å². The van der Waals surface area contributed by atoms with E-state index in [1.54, 1.807) is 24.3 Å². The minimum absolute atomic E-state index is 0.100. The molecule has 0 bridgehead atoms. The standard InChI is InChI=1S/C26H29N3O4/c1-2-8-23(30)28-15-13-19(14-16-28)27-24(31)22(17-18-9-4-3-5-10-18)29-25(32)20-11-6-7-12-21(20)26(29)33/h3-7,9-12,19,22H,2,8,13-17H2,1H3,(H,27,31). The van der Waals surface area contributed by atoms with Crippen molar-refractivity contribution in [2.45, 2.75) is 51.1 Å². The molecule has 2 aliphatic rings. The third-order valence-corrected chi connectivity index (χ3v) is 6.37. The summed E-state index contributed by atoms with van der Waals surface area (Å²) in [7, 11) is 0. The summed E-state index contributed by atoms with van der Waals surface area (Å²) in [5.41, 5.74) is 1.53. The molecule has 172 valence electrons. The fraction of sp³-hybridized carbons (Fsp3) is 0.385. The number of imide groups is 1. The molecule has 7 heteroatoms. The fourth-order valence-corrected chi connectivity index (χ4v) is 4.57. The second kappa shape index (κ2) is 9.98. The molecule has 1 fully saturated rings. The van der Waals surface area contributed by atoms with Gasteiger partial charge in [-0.2, -0.15) is 0 Å². The predicted octanol–water partition coefficient (Wildman–Crippen LogP) is 2.80. The van der Waals surface area contributed by atoms with Gasteiger partial charge in [-0.05, 0) is 37.0 Å². The molecule has 4 rings (SSSR count). The Morgan fingerprint density at radius 2 is 1.52 bits per heavy atom. The van der Waals surface area contributed by atoms with E-state index in [1.165, 1.54) is 0 Å². The van der Waals surface area contributed by atoms with Gasteiger partial charge in [-0.15, -0.1) is 0 Å². The number of fused-ring (bicyclic) bond motifs is 1. The number of rotatable bonds is 7. The summed E-state index contributed by atoms with van der Waals surface area (Å²) in [6.07, 6.45) is 2.90. The molecule has 0 aromatic heterocycles. The molecular weight excluding hydrogens is 418 g/mol. The van der Waals surface area contributed by atoms with Gasteiger partial charge in [-0.3, -0.25) is 24.1 Å². The van der Waals surface area contributed by atoms with Crippen LogP contribution in [0.25, 0.3) is 0 Å². The van der Waals surface area contributed by atoms with Crippen molar-refractivity contribution >= 4 is 23.6 Å². The zero-order chi connectivity index (χ0) is 23.4. The van der Waals surface area contributed by atoms with E-state index < -0.39 is 17.9 Å². The molecule has 1 unspecified atom stereocenters. The maximum atomic E-state index is 13.4. The summed E-state index contributed by atoms with van der Waals surface area (Å²) in [6, 6.07) is 15.0. The number of carbonyl (C=O) groups excluding carboxylic acids is 4. The van der Waals surface area contributed by atoms with Gasteiger partial charge >= 0.3 is 0 Å². The lowest BCUT2D eigenvalue weighted by Crippen LogP contribution is -2.54. The third-order valence-electron chi connectivity index (χ3n) is 6.37. The van der Waals surface area contributed by atoms with Gasteiger partial charge < -0.3 is 10.2 Å². The third kappa shape index (κ3) is 4.82. The summed E-state index contributed by atoms with van der Waals surface area (Å²) in [6.45, 7) is 3.18. The minimum atomic E-state index is -0.945. The molecular formula is C26H29N3O4. The molecule has 1 saturated heterocycles. The van der Waals surface area contributed by atoms with E-state index in [-0.39, 0.29) is 24.3 Å². The highest BCUT2D eigenvalue weighted by Gasteiger charge is 2.43. The maximum Gasteiger partial charge on any atom is 0.262 e. The molecule has 2 heterocycles. The van der Waals surface area contributed by atoms with Crippen molar-refractivity contribution in [2.75, 3.05) is 13.1 Å². The van der Waals surface area contributed by atoms with E-state index in [4.69, 9.17) is 0 Å². The van der Waals surface area contributed by atoms with Gasteiger partial charge in [-0.1, -0.05) is 49.4 Å². The Labute approximate surface area is 193 Å². The number of amides is 4. The SMILES string of the molecule is CCCC(=O)N1CCC(NC(=O)C(Cc2ccccc2)N2C(=O)c3ccccc3C2=O)CC1. The van der Waals surface area contributed by atoms with Crippen molar-refractivity contribution in [3.8, 4) is 0 Å². The Balaban J connectivity index is 1.50. The van der Waals surface area contributed by atoms with Crippen LogP contribution in [0.3, 0.4) is 0 Å². The Kier molecular flexibility index (Phi) is 6.87. The summed E-state index contributed by atoms with van der Waals surface area (Å²) in [4.78, 5) is 54.7. The van der Waals surface area contributed by atoms with E-state index >= 15 is 0 Å². The molecule has 7 nitrogen and oxygen atoms in total. The first kappa shape index (κ1) is 22.7. The van der Waals surface area contributed by atoms with Crippen LogP contribution in [0.15, 0.2) is 54.6 Å². The van der Waals surface area contributed by atoms with Crippen LogP contribution in [0.4, 0.5) is 0 Å². The molecule has 33 heavy (non-hydrogen) atoms. The molecule has 2 aromatic carbocycles. The first-order valence-electron chi connectivity index (χ1n) is 11.6. The molecule has 2 aromatic rings. The molecule has 0 aliphatic carbocycles. The Bertz CT molecular complexity index is 1010. The van der Waals surface area contributed by atoms with Gasteiger partial charge in [0.2, 0.25) is 11.8 Å². The molecule has 4 amide bonds. The van der Waals surface area contributed by atoms with E-state index in [2.05, 4.69) is 5.32 Å². The van der Waals surface area contributed by atoms with Gasteiger partial charge in [0.15, 0.2) is 0 Å². The molecule has 1 atom stereocenters. The van der Waals surface area contributed by atoms with E-state index in [0.717, 1.165) is 16.9 Å². The van der Waals surface area contributed by atoms with Crippen LogP contribution in [-0.4, -0.2) is 58.6 Å². The second-order valence-corrected chi connectivity index (χ2v) is 8.65. The lowest BCUT2D eigenvalue weighted by Gasteiger charge is -2.34.